The highest BCUT2D eigenvalue weighted by atomic mass is 32.2. The van der Waals surface area contributed by atoms with Crippen molar-refractivity contribution < 1.29 is 9.21 Å². The van der Waals surface area contributed by atoms with E-state index >= 15 is 0 Å². The third-order valence-corrected chi connectivity index (χ3v) is 3.56. The Morgan fingerprint density at radius 1 is 1.33 bits per heavy atom. The topological polar surface area (TPSA) is 85.2 Å². The Bertz CT molecular complexity index is 586. The molecule has 0 radical (unpaired) electrons. The number of anilines is 1. The lowest BCUT2D eigenvalue weighted by Crippen LogP contribution is -2.38. The fraction of sp³-hybridized carbons (Fsp3) is 0.357. The van der Waals surface area contributed by atoms with Crippen LogP contribution in [0, 0.1) is 0 Å². The summed E-state index contributed by atoms with van der Waals surface area (Å²) in [7, 11) is 0. The Morgan fingerprint density at radius 3 is 2.62 bits per heavy atom. The predicted octanol–water partition coefficient (Wildman–Crippen LogP) is 2.06. The summed E-state index contributed by atoms with van der Waals surface area (Å²) in [5.41, 5.74) is 6.28. The van der Waals surface area contributed by atoms with Crippen LogP contribution in [0.2, 0.25) is 0 Å². The Kier molecular flexibility index (Phi) is 5.35. The largest absolute Gasteiger partial charge is 0.415 e. The number of carbonyl (C=O) groups excluding carboxylic acids is 1. The van der Waals surface area contributed by atoms with Gasteiger partial charge in [0.25, 0.3) is 5.22 Å². The van der Waals surface area contributed by atoms with Crippen LogP contribution in [0.5, 0.6) is 0 Å². The van der Waals surface area contributed by atoms with Crippen molar-refractivity contribution in [2.75, 3.05) is 10.7 Å². The summed E-state index contributed by atoms with van der Waals surface area (Å²) in [6.45, 7) is 4.16. The van der Waals surface area contributed by atoms with Crippen LogP contribution in [-0.2, 0) is 11.3 Å². The zero-order valence-electron chi connectivity index (χ0n) is 12.0. The Labute approximate surface area is 127 Å². The van der Waals surface area contributed by atoms with Crippen molar-refractivity contribution in [2.45, 2.75) is 31.7 Å². The average Bonchev–Trinajstić information content (AvgIpc) is 2.94. The predicted molar refractivity (Wildman–Crippen MR) is 82.0 cm³/mol. The maximum absolute atomic E-state index is 12.4. The van der Waals surface area contributed by atoms with Crippen molar-refractivity contribution in [1.29, 1.82) is 0 Å². The molecule has 2 N–H and O–H groups in total. The minimum atomic E-state index is -0.00583. The van der Waals surface area contributed by atoms with Gasteiger partial charge < -0.3 is 15.1 Å². The van der Waals surface area contributed by atoms with E-state index in [1.54, 1.807) is 4.90 Å². The number of nitrogens with zero attached hydrogens (tertiary/aromatic N) is 3. The molecule has 112 valence electrons. The molecule has 0 saturated carbocycles. The fourth-order valence-corrected chi connectivity index (χ4v) is 2.53. The first-order valence-corrected chi connectivity index (χ1v) is 7.62. The van der Waals surface area contributed by atoms with Crippen molar-refractivity contribution >= 4 is 23.4 Å². The van der Waals surface area contributed by atoms with Gasteiger partial charge in [-0.1, -0.05) is 30.0 Å². The van der Waals surface area contributed by atoms with E-state index < -0.39 is 0 Å². The first-order chi connectivity index (χ1) is 10.1. The average molecular weight is 306 g/mol. The highest BCUT2D eigenvalue weighted by molar-refractivity contribution is 7.99. The van der Waals surface area contributed by atoms with E-state index in [0.717, 1.165) is 5.69 Å². The minimum absolute atomic E-state index is 0.00583. The molecule has 7 heteroatoms. The van der Waals surface area contributed by atoms with E-state index in [9.17, 15) is 4.79 Å². The van der Waals surface area contributed by atoms with Crippen LogP contribution in [0.4, 0.5) is 5.69 Å². The molecule has 21 heavy (non-hydrogen) atoms. The molecule has 1 amide bonds. The Morgan fingerprint density at radius 2 is 2.05 bits per heavy atom. The standard InChI is InChI=1S/C14H18N4O2S/c1-10(2)18(11-6-4-3-5-7-11)13(19)9-21-14-17-16-12(8-15)20-14/h3-7,10H,8-9,15H2,1-2H3. The molecule has 0 aliphatic heterocycles. The number of benzene rings is 1. The Balaban J connectivity index is 2.02. The van der Waals surface area contributed by atoms with Crippen LogP contribution in [0.15, 0.2) is 40.0 Å². The summed E-state index contributed by atoms with van der Waals surface area (Å²) in [6, 6.07) is 9.66. The monoisotopic (exact) mass is 306 g/mol. The number of hydrogen-bond donors (Lipinski definition) is 1. The number of hydrogen-bond acceptors (Lipinski definition) is 6. The molecule has 1 aromatic heterocycles. The smallest absolute Gasteiger partial charge is 0.277 e. The maximum atomic E-state index is 12.4. The zero-order chi connectivity index (χ0) is 15.2. The van der Waals surface area contributed by atoms with Gasteiger partial charge in [0.05, 0.1) is 12.3 Å². The second-order valence-electron chi connectivity index (χ2n) is 4.65. The lowest BCUT2D eigenvalue weighted by atomic mass is 10.2. The van der Waals surface area contributed by atoms with Gasteiger partial charge in [-0.25, -0.2) is 0 Å². The number of carbonyl (C=O) groups is 1. The molecule has 0 aliphatic carbocycles. The van der Waals surface area contributed by atoms with E-state index in [4.69, 9.17) is 10.2 Å². The summed E-state index contributed by atoms with van der Waals surface area (Å²) in [5, 5.41) is 7.96. The Hall–Kier alpha value is -1.86. The quantitative estimate of drug-likeness (QED) is 0.822. The second kappa shape index (κ2) is 7.24. The molecular weight excluding hydrogens is 288 g/mol. The summed E-state index contributed by atoms with van der Waals surface area (Å²) < 4.78 is 5.27. The van der Waals surface area contributed by atoms with E-state index in [2.05, 4.69) is 10.2 Å². The number of thioether (sulfide) groups is 1. The summed E-state index contributed by atoms with van der Waals surface area (Å²) in [6.07, 6.45) is 0. The zero-order valence-corrected chi connectivity index (χ0v) is 12.8. The number of aromatic nitrogens is 2. The highest BCUT2D eigenvalue weighted by Crippen LogP contribution is 2.21. The lowest BCUT2D eigenvalue weighted by Gasteiger charge is -2.26. The summed E-state index contributed by atoms with van der Waals surface area (Å²) in [5.74, 6) is 0.599. The minimum Gasteiger partial charge on any atom is -0.415 e. The van der Waals surface area contributed by atoms with E-state index in [-0.39, 0.29) is 24.2 Å². The van der Waals surface area contributed by atoms with Crippen molar-refractivity contribution in [3.8, 4) is 0 Å². The molecule has 6 nitrogen and oxygen atoms in total. The van der Waals surface area contributed by atoms with Gasteiger partial charge in [0.15, 0.2) is 0 Å². The van der Waals surface area contributed by atoms with Crippen molar-refractivity contribution in [2.24, 2.45) is 5.73 Å². The van der Waals surface area contributed by atoms with E-state index in [1.165, 1.54) is 11.8 Å². The lowest BCUT2D eigenvalue weighted by molar-refractivity contribution is -0.116. The van der Waals surface area contributed by atoms with Gasteiger partial charge in [-0.15, -0.1) is 10.2 Å². The van der Waals surface area contributed by atoms with Crippen LogP contribution in [-0.4, -0.2) is 27.9 Å². The molecule has 0 atom stereocenters. The number of rotatable bonds is 6. The van der Waals surface area contributed by atoms with E-state index in [1.807, 2.05) is 44.2 Å². The van der Waals surface area contributed by atoms with Gasteiger partial charge in [0.1, 0.15) is 0 Å². The number of nitrogens with two attached hydrogens (primary N) is 1. The van der Waals surface area contributed by atoms with Crippen LogP contribution >= 0.6 is 11.8 Å². The first kappa shape index (κ1) is 15.5. The third kappa shape index (κ3) is 4.05. The molecule has 0 unspecified atom stereocenters. The van der Waals surface area contributed by atoms with Crippen LogP contribution in [0.3, 0.4) is 0 Å². The molecule has 1 aromatic carbocycles. The van der Waals surface area contributed by atoms with E-state index in [0.29, 0.717) is 11.1 Å². The maximum Gasteiger partial charge on any atom is 0.277 e. The number of para-hydroxylation sites is 1. The van der Waals surface area contributed by atoms with Crippen molar-refractivity contribution in [3.63, 3.8) is 0 Å². The fourth-order valence-electron chi connectivity index (χ4n) is 1.89. The highest BCUT2D eigenvalue weighted by Gasteiger charge is 2.20. The molecule has 0 fully saturated rings. The van der Waals surface area contributed by atoms with Gasteiger partial charge >= 0.3 is 0 Å². The molecule has 1 heterocycles. The van der Waals surface area contributed by atoms with Crippen LogP contribution in [0.1, 0.15) is 19.7 Å². The molecule has 0 bridgehead atoms. The van der Waals surface area contributed by atoms with Gasteiger partial charge in [-0.2, -0.15) is 0 Å². The van der Waals surface area contributed by atoms with Gasteiger partial charge in [-0.05, 0) is 26.0 Å². The van der Waals surface area contributed by atoms with Crippen molar-refractivity contribution in [1.82, 2.24) is 10.2 Å². The second-order valence-corrected chi connectivity index (χ2v) is 5.57. The van der Waals surface area contributed by atoms with Gasteiger partial charge in [-0.3, -0.25) is 4.79 Å². The van der Waals surface area contributed by atoms with Crippen LogP contribution in [0.25, 0.3) is 0 Å². The third-order valence-electron chi connectivity index (χ3n) is 2.76. The molecule has 2 aromatic rings. The number of amides is 1. The summed E-state index contributed by atoms with van der Waals surface area (Å²) >= 11 is 1.22. The normalized spacial score (nSPS) is 10.9. The molecular formula is C14H18N4O2S. The van der Waals surface area contributed by atoms with Crippen LogP contribution < -0.4 is 10.6 Å². The van der Waals surface area contributed by atoms with Gasteiger partial charge in [0.2, 0.25) is 11.8 Å². The molecule has 0 spiro atoms. The molecule has 0 aliphatic rings. The van der Waals surface area contributed by atoms with Crippen molar-refractivity contribution in [3.05, 3.63) is 36.2 Å². The first-order valence-electron chi connectivity index (χ1n) is 6.64. The molecule has 2 rings (SSSR count). The summed E-state index contributed by atoms with van der Waals surface area (Å²) in [4.78, 5) is 14.2. The SMILES string of the molecule is CC(C)N(C(=O)CSc1nnc(CN)o1)c1ccccc1. The van der Waals surface area contributed by atoms with Gasteiger partial charge in [0, 0.05) is 11.7 Å². The molecule has 0 saturated heterocycles.